The number of aliphatic carboxylic acids is 1. The molecule has 0 saturated heterocycles. The number of nitrogens with zero attached hydrogens (tertiary/aromatic N) is 1. The Morgan fingerprint density at radius 2 is 2.35 bits per heavy atom. The van der Waals surface area contributed by atoms with E-state index in [0.29, 0.717) is 6.54 Å². The van der Waals surface area contributed by atoms with E-state index in [0.717, 1.165) is 24.0 Å². The Morgan fingerprint density at radius 1 is 1.59 bits per heavy atom. The van der Waals surface area contributed by atoms with Crippen LogP contribution in [0, 0.1) is 5.82 Å². The largest absolute Gasteiger partial charge is 0.481 e. The molecule has 0 saturated carbocycles. The Bertz CT molecular complexity index is 433. The SMILES string of the molecule is CN(CCC(=O)O)C1CCc2cc(F)ccc21. The Balaban J connectivity index is 2.08. The summed E-state index contributed by atoms with van der Waals surface area (Å²) in [5.41, 5.74) is 2.19. The van der Waals surface area contributed by atoms with E-state index in [2.05, 4.69) is 0 Å². The molecule has 1 aromatic carbocycles. The average molecular weight is 237 g/mol. The van der Waals surface area contributed by atoms with Crippen molar-refractivity contribution in [1.82, 2.24) is 4.90 Å². The van der Waals surface area contributed by atoms with E-state index >= 15 is 0 Å². The van der Waals surface area contributed by atoms with Crippen LogP contribution in [0.15, 0.2) is 18.2 Å². The summed E-state index contributed by atoms with van der Waals surface area (Å²) in [5, 5.41) is 8.66. The molecular weight excluding hydrogens is 221 g/mol. The third kappa shape index (κ3) is 2.64. The van der Waals surface area contributed by atoms with E-state index < -0.39 is 5.97 Å². The fraction of sp³-hybridized carbons (Fsp3) is 0.462. The molecule has 92 valence electrons. The zero-order valence-corrected chi connectivity index (χ0v) is 9.82. The summed E-state index contributed by atoms with van der Waals surface area (Å²) in [5.74, 6) is -0.980. The average Bonchev–Trinajstić information content (AvgIpc) is 2.68. The molecule has 17 heavy (non-hydrogen) atoms. The molecule has 0 bridgehead atoms. The summed E-state index contributed by atoms with van der Waals surface area (Å²) in [6, 6.07) is 5.10. The normalized spacial score (nSPS) is 18.4. The van der Waals surface area contributed by atoms with Crippen LogP contribution in [0.5, 0.6) is 0 Å². The van der Waals surface area contributed by atoms with Crippen LogP contribution in [0.1, 0.15) is 30.0 Å². The molecule has 0 radical (unpaired) electrons. The summed E-state index contributed by atoms with van der Waals surface area (Å²) in [6.45, 7) is 0.525. The van der Waals surface area contributed by atoms with Gasteiger partial charge in [-0.3, -0.25) is 9.69 Å². The maximum Gasteiger partial charge on any atom is 0.304 e. The summed E-state index contributed by atoms with van der Waals surface area (Å²) in [7, 11) is 1.92. The van der Waals surface area contributed by atoms with Gasteiger partial charge in [-0.1, -0.05) is 6.07 Å². The Labute approximate surface area is 99.9 Å². The van der Waals surface area contributed by atoms with Crippen molar-refractivity contribution < 1.29 is 14.3 Å². The molecule has 0 aromatic heterocycles. The zero-order chi connectivity index (χ0) is 12.4. The van der Waals surface area contributed by atoms with Crippen LogP contribution < -0.4 is 0 Å². The van der Waals surface area contributed by atoms with Crippen LogP contribution >= 0.6 is 0 Å². The minimum Gasteiger partial charge on any atom is -0.481 e. The van der Waals surface area contributed by atoms with Gasteiger partial charge in [0.1, 0.15) is 5.82 Å². The number of hydrogen-bond donors (Lipinski definition) is 1. The number of carboxylic acid groups (broad SMARTS) is 1. The quantitative estimate of drug-likeness (QED) is 0.873. The highest BCUT2D eigenvalue weighted by atomic mass is 19.1. The molecule has 1 unspecified atom stereocenters. The number of halogens is 1. The van der Waals surface area contributed by atoms with E-state index in [1.54, 1.807) is 6.07 Å². The smallest absolute Gasteiger partial charge is 0.304 e. The Kier molecular flexibility index (Phi) is 3.43. The first-order valence-electron chi connectivity index (χ1n) is 5.78. The van der Waals surface area contributed by atoms with Gasteiger partial charge in [0.15, 0.2) is 0 Å². The van der Waals surface area contributed by atoms with Crippen molar-refractivity contribution in [3.05, 3.63) is 35.1 Å². The van der Waals surface area contributed by atoms with Gasteiger partial charge >= 0.3 is 5.97 Å². The minimum absolute atomic E-state index is 0.142. The molecule has 1 atom stereocenters. The van der Waals surface area contributed by atoms with Gasteiger partial charge in [0.25, 0.3) is 0 Å². The maximum atomic E-state index is 13.1. The molecule has 1 aliphatic carbocycles. The van der Waals surface area contributed by atoms with Crippen molar-refractivity contribution in [3.63, 3.8) is 0 Å². The lowest BCUT2D eigenvalue weighted by Gasteiger charge is -2.24. The van der Waals surface area contributed by atoms with Crippen molar-refractivity contribution in [2.75, 3.05) is 13.6 Å². The molecule has 1 N–H and O–H groups in total. The van der Waals surface area contributed by atoms with Crippen molar-refractivity contribution >= 4 is 5.97 Å². The fourth-order valence-electron chi connectivity index (χ4n) is 2.45. The fourth-order valence-corrected chi connectivity index (χ4v) is 2.45. The van der Waals surface area contributed by atoms with Crippen molar-refractivity contribution in [2.24, 2.45) is 0 Å². The van der Waals surface area contributed by atoms with Crippen LogP contribution in [-0.2, 0) is 11.2 Å². The third-order valence-corrected chi connectivity index (χ3v) is 3.36. The van der Waals surface area contributed by atoms with Crippen LogP contribution in [0.3, 0.4) is 0 Å². The van der Waals surface area contributed by atoms with E-state index in [1.165, 1.54) is 6.07 Å². The number of aryl methyl sites for hydroxylation is 1. The molecular formula is C13H16FNO2. The predicted molar refractivity (Wildman–Crippen MR) is 62.3 cm³/mol. The molecule has 1 aliphatic rings. The van der Waals surface area contributed by atoms with Gasteiger partial charge in [0, 0.05) is 12.6 Å². The maximum absolute atomic E-state index is 13.1. The highest BCUT2D eigenvalue weighted by Gasteiger charge is 2.26. The Hall–Kier alpha value is -1.42. The van der Waals surface area contributed by atoms with Crippen LogP contribution in [0.4, 0.5) is 4.39 Å². The van der Waals surface area contributed by atoms with Crippen LogP contribution in [0.2, 0.25) is 0 Å². The topological polar surface area (TPSA) is 40.5 Å². The van der Waals surface area contributed by atoms with Gasteiger partial charge in [-0.2, -0.15) is 0 Å². The minimum atomic E-state index is -0.783. The van der Waals surface area contributed by atoms with Gasteiger partial charge < -0.3 is 5.11 Å². The van der Waals surface area contributed by atoms with Gasteiger partial charge in [-0.15, -0.1) is 0 Å². The third-order valence-electron chi connectivity index (χ3n) is 3.36. The lowest BCUT2D eigenvalue weighted by atomic mass is 10.1. The first-order valence-corrected chi connectivity index (χ1v) is 5.78. The summed E-state index contributed by atoms with van der Waals surface area (Å²) >= 11 is 0. The van der Waals surface area contributed by atoms with Crippen molar-refractivity contribution in [2.45, 2.75) is 25.3 Å². The summed E-state index contributed by atoms with van der Waals surface area (Å²) < 4.78 is 13.1. The first kappa shape index (κ1) is 12.0. The standard InChI is InChI=1S/C13H16FNO2/c1-15(7-6-13(16)17)12-5-2-9-8-10(14)3-4-11(9)12/h3-4,8,12H,2,5-7H2,1H3,(H,16,17). The molecule has 3 nitrogen and oxygen atoms in total. The van der Waals surface area contributed by atoms with E-state index in [-0.39, 0.29) is 18.3 Å². The van der Waals surface area contributed by atoms with Crippen molar-refractivity contribution in [3.8, 4) is 0 Å². The zero-order valence-electron chi connectivity index (χ0n) is 9.82. The van der Waals surface area contributed by atoms with Crippen LogP contribution in [-0.4, -0.2) is 29.6 Å². The van der Waals surface area contributed by atoms with Crippen molar-refractivity contribution in [1.29, 1.82) is 0 Å². The molecule has 0 aliphatic heterocycles. The highest BCUT2D eigenvalue weighted by Crippen LogP contribution is 2.35. The molecule has 0 spiro atoms. The van der Waals surface area contributed by atoms with Gasteiger partial charge in [-0.25, -0.2) is 4.39 Å². The van der Waals surface area contributed by atoms with Gasteiger partial charge in [-0.05, 0) is 43.1 Å². The number of hydrogen-bond acceptors (Lipinski definition) is 2. The number of benzene rings is 1. The lowest BCUT2D eigenvalue weighted by Crippen LogP contribution is -2.25. The van der Waals surface area contributed by atoms with E-state index in [9.17, 15) is 9.18 Å². The molecule has 0 heterocycles. The number of fused-ring (bicyclic) bond motifs is 1. The second kappa shape index (κ2) is 4.84. The lowest BCUT2D eigenvalue weighted by molar-refractivity contribution is -0.137. The summed E-state index contributed by atoms with van der Waals surface area (Å²) in [6.07, 6.45) is 1.95. The number of carbonyl (C=O) groups is 1. The van der Waals surface area contributed by atoms with E-state index in [1.807, 2.05) is 18.0 Å². The summed E-state index contributed by atoms with van der Waals surface area (Å²) in [4.78, 5) is 12.6. The molecule has 0 amide bonds. The second-order valence-electron chi connectivity index (χ2n) is 4.52. The highest BCUT2D eigenvalue weighted by molar-refractivity contribution is 5.66. The number of carboxylic acids is 1. The molecule has 0 fully saturated rings. The van der Waals surface area contributed by atoms with Gasteiger partial charge in [0.2, 0.25) is 0 Å². The molecule has 4 heteroatoms. The van der Waals surface area contributed by atoms with Gasteiger partial charge in [0.05, 0.1) is 6.42 Å². The van der Waals surface area contributed by atoms with Crippen LogP contribution in [0.25, 0.3) is 0 Å². The monoisotopic (exact) mass is 237 g/mol. The molecule has 2 rings (SSSR count). The molecule has 1 aromatic rings. The number of rotatable bonds is 4. The predicted octanol–water partition coefficient (Wildman–Crippen LogP) is 2.22. The van der Waals surface area contributed by atoms with E-state index in [4.69, 9.17) is 5.11 Å². The Morgan fingerprint density at radius 3 is 3.06 bits per heavy atom. The second-order valence-corrected chi connectivity index (χ2v) is 4.52. The first-order chi connectivity index (χ1) is 8.08.